The molecule has 1 N–H and O–H groups in total. The van der Waals surface area contributed by atoms with Gasteiger partial charge >= 0.3 is 0 Å². The van der Waals surface area contributed by atoms with E-state index in [0.29, 0.717) is 12.0 Å². The van der Waals surface area contributed by atoms with E-state index in [-0.39, 0.29) is 5.60 Å². The molecule has 1 saturated heterocycles. The number of nitrogens with one attached hydrogen (secondary N) is 1. The molecule has 2 unspecified atom stereocenters. The van der Waals surface area contributed by atoms with Gasteiger partial charge in [-0.1, -0.05) is 5.16 Å². The molecule has 0 radical (unpaired) electrons. The zero-order valence-electron chi connectivity index (χ0n) is 10.8. The third-order valence-corrected chi connectivity index (χ3v) is 5.36. The van der Waals surface area contributed by atoms with Crippen LogP contribution in [0.25, 0.3) is 0 Å². The molecule has 100 valence electrons. The van der Waals surface area contributed by atoms with Gasteiger partial charge in [-0.3, -0.25) is 0 Å². The van der Waals surface area contributed by atoms with Crippen molar-refractivity contribution in [1.29, 1.82) is 0 Å². The molecular formula is C12H19N3O2S. The predicted molar refractivity (Wildman–Crippen MR) is 69.7 cm³/mol. The molecule has 1 aromatic rings. The molecule has 3 rings (SSSR count). The van der Waals surface area contributed by atoms with E-state index in [9.17, 15) is 0 Å². The highest BCUT2D eigenvalue weighted by atomic mass is 32.2. The Balaban J connectivity index is 1.81. The fourth-order valence-electron chi connectivity index (χ4n) is 2.67. The SMILES string of the molecule is CNC1CSCC1c1nc(C2(OC)CCC2)no1. The number of hydrogen-bond donors (Lipinski definition) is 1. The van der Waals surface area contributed by atoms with Crippen LogP contribution >= 0.6 is 11.8 Å². The van der Waals surface area contributed by atoms with Gasteiger partial charge in [0.25, 0.3) is 0 Å². The minimum atomic E-state index is -0.275. The summed E-state index contributed by atoms with van der Waals surface area (Å²) >= 11 is 1.93. The van der Waals surface area contributed by atoms with Gasteiger partial charge in [-0.15, -0.1) is 0 Å². The largest absolute Gasteiger partial charge is 0.370 e. The van der Waals surface area contributed by atoms with Crippen LogP contribution in [-0.4, -0.2) is 41.8 Å². The number of aromatic nitrogens is 2. The third-order valence-electron chi connectivity index (χ3n) is 4.17. The molecule has 6 heteroatoms. The van der Waals surface area contributed by atoms with Gasteiger partial charge in [0.05, 0.1) is 5.92 Å². The first-order valence-corrected chi connectivity index (χ1v) is 7.59. The Labute approximate surface area is 111 Å². The summed E-state index contributed by atoms with van der Waals surface area (Å²) in [5, 5.41) is 7.47. The van der Waals surface area contributed by atoms with Gasteiger partial charge in [0.15, 0.2) is 0 Å². The second-order valence-electron chi connectivity index (χ2n) is 5.05. The molecule has 0 spiro atoms. The van der Waals surface area contributed by atoms with Crippen molar-refractivity contribution in [3.8, 4) is 0 Å². The van der Waals surface area contributed by atoms with Gasteiger partial charge in [-0.25, -0.2) is 0 Å². The average molecular weight is 269 g/mol. The summed E-state index contributed by atoms with van der Waals surface area (Å²) in [6.45, 7) is 0. The van der Waals surface area contributed by atoms with Crippen LogP contribution < -0.4 is 5.32 Å². The Morgan fingerprint density at radius 1 is 1.44 bits per heavy atom. The van der Waals surface area contributed by atoms with Crippen molar-refractivity contribution in [3.05, 3.63) is 11.7 Å². The van der Waals surface area contributed by atoms with Crippen LogP contribution in [0.4, 0.5) is 0 Å². The number of methoxy groups -OCH3 is 1. The van der Waals surface area contributed by atoms with Gasteiger partial charge < -0.3 is 14.6 Å². The van der Waals surface area contributed by atoms with Crippen LogP contribution in [0.3, 0.4) is 0 Å². The lowest BCUT2D eigenvalue weighted by Crippen LogP contribution is -2.37. The molecule has 0 amide bonds. The van der Waals surface area contributed by atoms with E-state index >= 15 is 0 Å². The lowest BCUT2D eigenvalue weighted by Gasteiger charge is -2.37. The Morgan fingerprint density at radius 3 is 2.89 bits per heavy atom. The fraction of sp³-hybridized carbons (Fsp3) is 0.833. The standard InChI is InChI=1S/C12H19N3O2S/c1-13-9-7-18-6-8(9)10-14-11(15-17-10)12(16-2)4-3-5-12/h8-9,13H,3-7H2,1-2H3. The van der Waals surface area contributed by atoms with Gasteiger partial charge in [0.2, 0.25) is 11.7 Å². The van der Waals surface area contributed by atoms with Crippen LogP contribution in [0.5, 0.6) is 0 Å². The highest BCUT2D eigenvalue weighted by molar-refractivity contribution is 7.99. The van der Waals surface area contributed by atoms with Crippen LogP contribution in [0.15, 0.2) is 4.52 Å². The number of nitrogens with zero attached hydrogens (tertiary/aromatic N) is 2. The minimum Gasteiger partial charge on any atom is -0.370 e. The zero-order valence-corrected chi connectivity index (χ0v) is 11.6. The maximum absolute atomic E-state index is 5.58. The predicted octanol–water partition coefficient (Wildman–Crippen LogP) is 1.51. The highest BCUT2D eigenvalue weighted by Gasteiger charge is 2.44. The zero-order chi connectivity index (χ0) is 12.6. The number of hydrogen-bond acceptors (Lipinski definition) is 6. The van der Waals surface area contributed by atoms with E-state index in [1.807, 2.05) is 18.8 Å². The molecule has 1 aliphatic carbocycles. The molecule has 1 aliphatic heterocycles. The number of thioether (sulfide) groups is 1. The molecule has 1 aromatic heterocycles. The average Bonchev–Trinajstić information content (AvgIpc) is 2.95. The first-order valence-electron chi connectivity index (χ1n) is 6.43. The van der Waals surface area contributed by atoms with Gasteiger partial charge in [0.1, 0.15) is 5.60 Å². The Hall–Kier alpha value is -0.590. The van der Waals surface area contributed by atoms with Crippen molar-refractivity contribution in [1.82, 2.24) is 15.5 Å². The molecular weight excluding hydrogens is 250 g/mol. The second kappa shape index (κ2) is 4.83. The lowest BCUT2D eigenvalue weighted by atomic mass is 9.79. The van der Waals surface area contributed by atoms with Crippen molar-refractivity contribution in [3.63, 3.8) is 0 Å². The molecule has 2 aliphatic rings. The van der Waals surface area contributed by atoms with Crippen LogP contribution in [-0.2, 0) is 10.3 Å². The van der Waals surface area contributed by atoms with E-state index in [1.165, 1.54) is 6.42 Å². The smallest absolute Gasteiger partial charge is 0.232 e. The first-order chi connectivity index (χ1) is 8.79. The molecule has 5 nitrogen and oxygen atoms in total. The van der Waals surface area contributed by atoms with E-state index in [1.54, 1.807) is 7.11 Å². The number of ether oxygens (including phenoxy) is 1. The van der Waals surface area contributed by atoms with Gasteiger partial charge in [0, 0.05) is 24.7 Å². The first kappa shape index (κ1) is 12.4. The maximum Gasteiger partial charge on any atom is 0.232 e. The van der Waals surface area contributed by atoms with Crippen molar-refractivity contribution >= 4 is 11.8 Å². The summed E-state index contributed by atoms with van der Waals surface area (Å²) in [6, 6.07) is 0.434. The third kappa shape index (κ3) is 1.87. The van der Waals surface area contributed by atoms with Gasteiger partial charge in [-0.05, 0) is 26.3 Å². The quantitative estimate of drug-likeness (QED) is 0.894. The summed E-state index contributed by atoms with van der Waals surface area (Å²) < 4.78 is 11.1. The van der Waals surface area contributed by atoms with Crippen molar-refractivity contribution in [2.24, 2.45) is 0 Å². The second-order valence-corrected chi connectivity index (χ2v) is 6.12. The van der Waals surface area contributed by atoms with Crippen molar-refractivity contribution < 1.29 is 9.26 Å². The maximum atomic E-state index is 5.58. The van der Waals surface area contributed by atoms with Crippen LogP contribution in [0.1, 0.15) is 36.9 Å². The normalized spacial score (nSPS) is 30.3. The molecule has 18 heavy (non-hydrogen) atoms. The molecule has 2 fully saturated rings. The van der Waals surface area contributed by atoms with E-state index < -0.39 is 0 Å². The fourth-order valence-corrected chi connectivity index (χ4v) is 4.09. The summed E-state index contributed by atoms with van der Waals surface area (Å²) in [6.07, 6.45) is 3.17. The Bertz CT molecular complexity index is 414. The minimum absolute atomic E-state index is 0.275. The number of likely N-dealkylation sites (N-methyl/N-ethyl adjacent to an activating group) is 1. The lowest BCUT2D eigenvalue weighted by molar-refractivity contribution is -0.0858. The van der Waals surface area contributed by atoms with E-state index in [0.717, 1.165) is 36.1 Å². The molecule has 2 atom stereocenters. The molecule has 2 heterocycles. The highest BCUT2D eigenvalue weighted by Crippen LogP contribution is 2.43. The molecule has 0 aromatic carbocycles. The van der Waals surface area contributed by atoms with Gasteiger partial charge in [-0.2, -0.15) is 16.7 Å². The summed E-state index contributed by atoms with van der Waals surface area (Å²) in [4.78, 5) is 4.60. The van der Waals surface area contributed by atoms with Crippen LogP contribution in [0.2, 0.25) is 0 Å². The monoisotopic (exact) mass is 269 g/mol. The van der Waals surface area contributed by atoms with E-state index in [2.05, 4.69) is 15.5 Å². The van der Waals surface area contributed by atoms with E-state index in [4.69, 9.17) is 9.26 Å². The summed E-state index contributed by atoms with van der Waals surface area (Å²) in [5.74, 6) is 3.98. The van der Waals surface area contributed by atoms with Crippen LogP contribution in [0, 0.1) is 0 Å². The van der Waals surface area contributed by atoms with Crippen molar-refractivity contribution in [2.45, 2.75) is 36.8 Å². The molecule has 0 bridgehead atoms. The number of rotatable bonds is 4. The topological polar surface area (TPSA) is 60.2 Å². The molecule has 1 saturated carbocycles. The summed E-state index contributed by atoms with van der Waals surface area (Å²) in [5.41, 5.74) is -0.275. The Morgan fingerprint density at radius 2 is 2.28 bits per heavy atom. The Kier molecular flexibility index (Phi) is 3.34. The summed E-state index contributed by atoms with van der Waals surface area (Å²) in [7, 11) is 3.72. The van der Waals surface area contributed by atoms with Crippen molar-refractivity contribution in [2.75, 3.05) is 25.7 Å².